The van der Waals surface area contributed by atoms with Crippen LogP contribution in [0.25, 0.3) is 0 Å². The van der Waals surface area contributed by atoms with Gasteiger partial charge in [-0.15, -0.1) is 0 Å². The molecule has 1 N–H and O–H groups in total. The van der Waals surface area contributed by atoms with Crippen LogP contribution in [-0.4, -0.2) is 57.1 Å². The summed E-state index contributed by atoms with van der Waals surface area (Å²) < 4.78 is 53.3. The summed E-state index contributed by atoms with van der Waals surface area (Å²) in [6, 6.07) is 12.1. The van der Waals surface area contributed by atoms with E-state index in [0.29, 0.717) is 43.9 Å². The summed E-state index contributed by atoms with van der Waals surface area (Å²) in [5, 5.41) is 2.69. The highest BCUT2D eigenvalue weighted by Gasteiger charge is 2.27. The van der Waals surface area contributed by atoms with Crippen molar-refractivity contribution in [3.05, 3.63) is 65.7 Å². The first-order chi connectivity index (χ1) is 14.3. The first-order valence-corrected chi connectivity index (χ1v) is 11.4. The molecular formula is C21H25F2N3O3S. The maximum atomic E-state index is 13.9. The second-order valence-electron chi connectivity index (χ2n) is 7.16. The second kappa shape index (κ2) is 9.99. The molecule has 0 saturated carbocycles. The van der Waals surface area contributed by atoms with Crippen LogP contribution in [0.3, 0.4) is 0 Å². The van der Waals surface area contributed by atoms with E-state index >= 15 is 0 Å². The fraction of sp³-hybridized carbons (Fsp3) is 0.381. The van der Waals surface area contributed by atoms with Gasteiger partial charge in [-0.2, -0.15) is 4.31 Å². The number of nitrogens with one attached hydrogen (secondary N) is 1. The largest absolute Gasteiger partial charge is 0.367 e. The van der Waals surface area contributed by atoms with Crippen molar-refractivity contribution in [2.45, 2.75) is 12.8 Å². The molecule has 6 nitrogen and oxygen atoms in total. The molecule has 0 aromatic heterocycles. The molecule has 1 heterocycles. The van der Waals surface area contributed by atoms with E-state index < -0.39 is 10.0 Å². The number of nitrogens with zero attached hydrogens (tertiary/aromatic N) is 2. The van der Waals surface area contributed by atoms with E-state index in [4.69, 9.17) is 0 Å². The molecule has 1 saturated heterocycles. The Kier molecular flexibility index (Phi) is 7.38. The quantitative estimate of drug-likeness (QED) is 0.643. The van der Waals surface area contributed by atoms with E-state index in [1.807, 2.05) is 4.90 Å². The summed E-state index contributed by atoms with van der Waals surface area (Å²) >= 11 is 0. The topological polar surface area (TPSA) is 69.7 Å². The lowest BCUT2D eigenvalue weighted by atomic mass is 10.1. The Morgan fingerprint density at radius 3 is 2.30 bits per heavy atom. The smallest absolute Gasteiger partial charge is 0.224 e. The molecule has 2 aromatic rings. The van der Waals surface area contributed by atoms with Gasteiger partial charge in [0.05, 0.1) is 17.9 Å². The van der Waals surface area contributed by atoms with Gasteiger partial charge in [0.1, 0.15) is 11.6 Å². The maximum Gasteiger partial charge on any atom is 0.224 e. The minimum absolute atomic E-state index is 0.0659. The number of hydrogen-bond donors (Lipinski definition) is 1. The van der Waals surface area contributed by atoms with Crippen molar-refractivity contribution >= 4 is 21.6 Å². The SMILES string of the molecule is O=C(Cc1ccc(F)cc1)NCCCS(=O)(=O)N1CCN(c2ccccc2F)CC1. The minimum Gasteiger partial charge on any atom is -0.367 e. The third-order valence-electron chi connectivity index (χ3n) is 5.00. The number of carbonyl (C=O) groups is 1. The van der Waals surface area contributed by atoms with Crippen molar-refractivity contribution in [3.8, 4) is 0 Å². The van der Waals surface area contributed by atoms with Gasteiger partial charge in [0.2, 0.25) is 15.9 Å². The van der Waals surface area contributed by atoms with Crippen LogP contribution in [0.4, 0.5) is 14.5 Å². The molecule has 3 rings (SSSR count). The van der Waals surface area contributed by atoms with Crippen molar-refractivity contribution in [2.75, 3.05) is 43.4 Å². The molecule has 9 heteroatoms. The number of rotatable bonds is 8. The zero-order chi connectivity index (χ0) is 21.6. The average Bonchev–Trinajstić information content (AvgIpc) is 2.73. The Balaban J connectivity index is 1.40. The molecule has 0 aliphatic carbocycles. The third-order valence-corrected chi connectivity index (χ3v) is 6.96. The summed E-state index contributed by atoms with van der Waals surface area (Å²) in [5.74, 6) is -0.981. The van der Waals surface area contributed by atoms with Crippen molar-refractivity contribution in [2.24, 2.45) is 0 Å². The zero-order valence-electron chi connectivity index (χ0n) is 16.6. The first-order valence-electron chi connectivity index (χ1n) is 9.83. The van der Waals surface area contributed by atoms with Crippen molar-refractivity contribution in [1.29, 1.82) is 0 Å². The molecule has 0 bridgehead atoms. The number of carbonyl (C=O) groups excluding carboxylic acids is 1. The molecule has 1 aliphatic heterocycles. The number of sulfonamides is 1. The van der Waals surface area contributed by atoms with Crippen LogP contribution in [0.2, 0.25) is 0 Å². The standard InChI is InChI=1S/C21H25F2N3O3S/c22-18-8-6-17(7-9-18)16-21(27)24-10-3-15-30(28,29)26-13-11-25(12-14-26)20-5-2-1-4-19(20)23/h1-2,4-9H,3,10-16H2,(H,24,27). The maximum absolute atomic E-state index is 13.9. The molecule has 0 unspecified atom stereocenters. The number of piperazine rings is 1. The molecule has 0 radical (unpaired) electrons. The van der Waals surface area contributed by atoms with E-state index in [1.165, 1.54) is 22.5 Å². The highest BCUT2D eigenvalue weighted by molar-refractivity contribution is 7.89. The molecule has 1 fully saturated rings. The van der Waals surface area contributed by atoms with Crippen molar-refractivity contribution in [1.82, 2.24) is 9.62 Å². The fourth-order valence-corrected chi connectivity index (χ4v) is 4.86. The van der Waals surface area contributed by atoms with Gasteiger partial charge < -0.3 is 10.2 Å². The Morgan fingerprint density at radius 2 is 1.63 bits per heavy atom. The van der Waals surface area contributed by atoms with Crippen LogP contribution in [0.1, 0.15) is 12.0 Å². The van der Waals surface area contributed by atoms with Gasteiger partial charge in [-0.1, -0.05) is 24.3 Å². The Hall–Kier alpha value is -2.52. The molecule has 1 aliphatic rings. The number of benzene rings is 2. The number of amides is 1. The monoisotopic (exact) mass is 437 g/mol. The Labute approximate surface area is 175 Å². The molecule has 1 amide bonds. The molecule has 2 aromatic carbocycles. The summed E-state index contributed by atoms with van der Waals surface area (Å²) in [7, 11) is -3.44. The fourth-order valence-electron chi connectivity index (χ4n) is 3.38. The van der Waals surface area contributed by atoms with Crippen LogP contribution < -0.4 is 10.2 Å². The highest BCUT2D eigenvalue weighted by atomic mass is 32.2. The summed E-state index contributed by atoms with van der Waals surface area (Å²) in [6.07, 6.45) is 0.413. The summed E-state index contributed by atoms with van der Waals surface area (Å²) in [6.45, 7) is 1.69. The normalized spacial score (nSPS) is 15.2. The van der Waals surface area contributed by atoms with Gasteiger partial charge in [-0.25, -0.2) is 17.2 Å². The van der Waals surface area contributed by atoms with Crippen LogP contribution in [-0.2, 0) is 21.2 Å². The average molecular weight is 438 g/mol. The van der Waals surface area contributed by atoms with Crippen LogP contribution in [0.5, 0.6) is 0 Å². The van der Waals surface area contributed by atoms with E-state index in [2.05, 4.69) is 5.32 Å². The van der Waals surface area contributed by atoms with Crippen LogP contribution in [0.15, 0.2) is 48.5 Å². The van der Waals surface area contributed by atoms with E-state index in [9.17, 15) is 22.0 Å². The molecule has 162 valence electrons. The van der Waals surface area contributed by atoms with Gasteiger partial charge >= 0.3 is 0 Å². The van der Waals surface area contributed by atoms with Crippen LogP contribution in [0, 0.1) is 11.6 Å². The Bertz CT molecular complexity index is 960. The van der Waals surface area contributed by atoms with E-state index in [1.54, 1.807) is 30.3 Å². The predicted molar refractivity (Wildman–Crippen MR) is 112 cm³/mol. The molecule has 0 spiro atoms. The summed E-state index contributed by atoms with van der Waals surface area (Å²) in [5.41, 5.74) is 1.17. The van der Waals surface area contributed by atoms with Crippen molar-refractivity contribution < 1.29 is 22.0 Å². The lowest BCUT2D eigenvalue weighted by Gasteiger charge is -2.35. The van der Waals surface area contributed by atoms with Crippen molar-refractivity contribution in [3.63, 3.8) is 0 Å². The Morgan fingerprint density at radius 1 is 0.967 bits per heavy atom. The number of halogens is 2. The second-order valence-corrected chi connectivity index (χ2v) is 9.25. The molecular weight excluding hydrogens is 412 g/mol. The zero-order valence-corrected chi connectivity index (χ0v) is 17.4. The van der Waals surface area contributed by atoms with Gasteiger partial charge in [0.25, 0.3) is 0 Å². The van der Waals surface area contributed by atoms with E-state index in [-0.39, 0.29) is 36.3 Å². The molecule has 30 heavy (non-hydrogen) atoms. The number of para-hydroxylation sites is 1. The lowest BCUT2D eigenvalue weighted by Crippen LogP contribution is -2.49. The minimum atomic E-state index is -3.44. The van der Waals surface area contributed by atoms with E-state index in [0.717, 1.165) is 0 Å². The lowest BCUT2D eigenvalue weighted by molar-refractivity contribution is -0.120. The van der Waals surface area contributed by atoms with Gasteiger partial charge in [0, 0.05) is 32.7 Å². The number of hydrogen-bond acceptors (Lipinski definition) is 4. The van der Waals surface area contributed by atoms with Gasteiger partial charge in [-0.05, 0) is 36.2 Å². The summed E-state index contributed by atoms with van der Waals surface area (Å²) in [4.78, 5) is 13.8. The highest BCUT2D eigenvalue weighted by Crippen LogP contribution is 2.21. The van der Waals surface area contributed by atoms with Gasteiger partial charge in [-0.3, -0.25) is 4.79 Å². The number of anilines is 1. The first kappa shape index (κ1) is 22.2. The predicted octanol–water partition coefficient (Wildman–Crippen LogP) is 2.17. The van der Waals surface area contributed by atoms with Gasteiger partial charge in [0.15, 0.2) is 0 Å². The van der Waals surface area contributed by atoms with Crippen LogP contribution >= 0.6 is 0 Å². The molecule has 0 atom stereocenters. The third kappa shape index (κ3) is 5.99.